The standard InChI is InChI=1S/C24H30N2O/c27-23-12-11-22(20-9-5-2-6-10-20)24-21-13-19(16-26(23)24)15-25(17-21)14-18-7-3-1-4-8-18/h2,5-6,9-12,18-19,21H,1,3-4,7-8,13-17H2/t19-,21-/m0/s1. The number of likely N-dealkylation sites (tertiary alicyclic amines) is 1. The molecular formula is C24H30N2O. The van der Waals surface area contributed by atoms with E-state index in [1.807, 2.05) is 0 Å². The predicted octanol–water partition coefficient (Wildman–Crippen LogP) is 4.51. The van der Waals surface area contributed by atoms with E-state index in [0.29, 0.717) is 11.8 Å². The molecule has 27 heavy (non-hydrogen) atoms. The molecule has 142 valence electrons. The van der Waals surface area contributed by atoms with Crippen LogP contribution in [0.15, 0.2) is 47.3 Å². The van der Waals surface area contributed by atoms with Gasteiger partial charge in [0.15, 0.2) is 0 Å². The van der Waals surface area contributed by atoms with Crippen LogP contribution < -0.4 is 5.56 Å². The van der Waals surface area contributed by atoms with Crippen molar-refractivity contribution in [3.8, 4) is 11.1 Å². The Bertz CT molecular complexity index is 850. The first kappa shape index (κ1) is 17.2. The molecule has 1 aliphatic carbocycles. The smallest absolute Gasteiger partial charge is 0.250 e. The van der Waals surface area contributed by atoms with Gasteiger partial charge in [0.1, 0.15) is 0 Å². The fourth-order valence-corrected chi connectivity index (χ4v) is 5.86. The van der Waals surface area contributed by atoms with Gasteiger partial charge in [-0.25, -0.2) is 0 Å². The Morgan fingerprint density at radius 2 is 1.70 bits per heavy atom. The van der Waals surface area contributed by atoms with Crippen LogP contribution in [0, 0.1) is 11.8 Å². The molecule has 3 heterocycles. The molecule has 0 N–H and O–H groups in total. The molecule has 3 nitrogen and oxygen atoms in total. The molecule has 0 radical (unpaired) electrons. The third-order valence-electron chi connectivity index (χ3n) is 6.99. The Morgan fingerprint density at radius 3 is 2.52 bits per heavy atom. The molecule has 0 amide bonds. The van der Waals surface area contributed by atoms with Crippen LogP contribution in [0.4, 0.5) is 0 Å². The molecule has 1 saturated heterocycles. The van der Waals surface area contributed by atoms with Crippen molar-refractivity contribution in [2.75, 3.05) is 19.6 Å². The summed E-state index contributed by atoms with van der Waals surface area (Å²) in [4.78, 5) is 15.4. The van der Waals surface area contributed by atoms with E-state index < -0.39 is 0 Å². The lowest BCUT2D eigenvalue weighted by molar-refractivity contribution is 0.0970. The first-order valence-corrected chi connectivity index (χ1v) is 10.8. The van der Waals surface area contributed by atoms with Gasteiger partial charge in [-0.3, -0.25) is 4.79 Å². The quantitative estimate of drug-likeness (QED) is 0.802. The SMILES string of the molecule is O=c1ccc(-c2ccccc2)c2n1C[C@H]1C[C@H]2CN(CC2CCCCC2)C1. The average Bonchev–Trinajstić information content (AvgIpc) is 2.70. The maximum absolute atomic E-state index is 12.6. The lowest BCUT2D eigenvalue weighted by atomic mass is 9.79. The molecular weight excluding hydrogens is 332 g/mol. The monoisotopic (exact) mass is 362 g/mol. The number of benzene rings is 1. The van der Waals surface area contributed by atoms with Crippen molar-refractivity contribution < 1.29 is 0 Å². The summed E-state index contributed by atoms with van der Waals surface area (Å²) in [6.07, 6.45) is 8.33. The normalized spacial score (nSPS) is 25.9. The van der Waals surface area contributed by atoms with Crippen molar-refractivity contribution in [1.29, 1.82) is 0 Å². The van der Waals surface area contributed by atoms with E-state index in [4.69, 9.17) is 0 Å². The van der Waals surface area contributed by atoms with Gasteiger partial charge in [0, 0.05) is 49.4 Å². The van der Waals surface area contributed by atoms with Gasteiger partial charge < -0.3 is 9.47 Å². The third-order valence-corrected chi connectivity index (χ3v) is 6.99. The molecule has 0 unspecified atom stereocenters. The molecule has 2 bridgehead atoms. The Kier molecular flexibility index (Phi) is 4.65. The molecule has 0 spiro atoms. The van der Waals surface area contributed by atoms with E-state index >= 15 is 0 Å². The second-order valence-electron chi connectivity index (χ2n) is 8.97. The molecule has 2 atom stereocenters. The second kappa shape index (κ2) is 7.27. The van der Waals surface area contributed by atoms with Crippen molar-refractivity contribution in [3.63, 3.8) is 0 Å². The fraction of sp³-hybridized carbons (Fsp3) is 0.542. The minimum Gasteiger partial charge on any atom is -0.311 e. The van der Waals surface area contributed by atoms with Gasteiger partial charge in [0.05, 0.1) is 0 Å². The second-order valence-corrected chi connectivity index (χ2v) is 8.97. The van der Waals surface area contributed by atoms with Gasteiger partial charge in [0.25, 0.3) is 5.56 Å². The Hall–Kier alpha value is -1.87. The number of nitrogens with zero attached hydrogens (tertiary/aromatic N) is 2. The largest absolute Gasteiger partial charge is 0.311 e. The summed E-state index contributed by atoms with van der Waals surface area (Å²) in [7, 11) is 0. The molecule has 3 heteroatoms. The number of hydrogen-bond acceptors (Lipinski definition) is 2. The maximum Gasteiger partial charge on any atom is 0.250 e. The lowest BCUT2D eigenvalue weighted by Crippen LogP contribution is -2.48. The first-order chi connectivity index (χ1) is 13.3. The van der Waals surface area contributed by atoms with Gasteiger partial charge in [-0.05, 0) is 42.7 Å². The first-order valence-electron chi connectivity index (χ1n) is 10.8. The zero-order valence-electron chi connectivity index (χ0n) is 16.1. The summed E-state index contributed by atoms with van der Waals surface area (Å²) in [5.41, 5.74) is 3.97. The van der Waals surface area contributed by atoms with Crippen LogP contribution in [0.5, 0.6) is 0 Å². The van der Waals surface area contributed by atoms with Crippen LogP contribution in [0.2, 0.25) is 0 Å². The van der Waals surface area contributed by atoms with Crippen LogP contribution in [-0.2, 0) is 6.54 Å². The number of hydrogen-bond donors (Lipinski definition) is 0. The van der Waals surface area contributed by atoms with Crippen molar-refractivity contribution in [2.24, 2.45) is 11.8 Å². The lowest BCUT2D eigenvalue weighted by Gasteiger charge is -2.44. The number of pyridine rings is 1. The minimum absolute atomic E-state index is 0.181. The number of aromatic nitrogens is 1. The Balaban J connectivity index is 1.46. The van der Waals surface area contributed by atoms with Crippen LogP contribution in [0.25, 0.3) is 11.1 Å². The average molecular weight is 363 g/mol. The van der Waals surface area contributed by atoms with Crippen LogP contribution in [0.3, 0.4) is 0 Å². The fourth-order valence-electron chi connectivity index (χ4n) is 5.86. The van der Waals surface area contributed by atoms with Gasteiger partial charge in [-0.15, -0.1) is 0 Å². The summed E-state index contributed by atoms with van der Waals surface area (Å²) in [6, 6.07) is 14.4. The summed E-state index contributed by atoms with van der Waals surface area (Å²) >= 11 is 0. The van der Waals surface area contributed by atoms with Crippen molar-refractivity contribution >= 4 is 0 Å². The highest BCUT2D eigenvalue weighted by Gasteiger charge is 2.36. The van der Waals surface area contributed by atoms with E-state index in [9.17, 15) is 4.79 Å². The zero-order valence-corrected chi connectivity index (χ0v) is 16.1. The summed E-state index contributed by atoms with van der Waals surface area (Å²) in [5.74, 6) is 2.01. The highest BCUT2D eigenvalue weighted by atomic mass is 16.1. The van der Waals surface area contributed by atoms with E-state index in [0.717, 1.165) is 19.0 Å². The number of fused-ring (bicyclic) bond motifs is 4. The van der Waals surface area contributed by atoms with E-state index in [1.54, 1.807) is 6.07 Å². The summed E-state index contributed by atoms with van der Waals surface area (Å²) in [5, 5.41) is 0. The highest BCUT2D eigenvalue weighted by molar-refractivity contribution is 5.66. The van der Waals surface area contributed by atoms with Crippen LogP contribution >= 0.6 is 0 Å². The van der Waals surface area contributed by atoms with E-state index in [1.165, 1.54) is 68.4 Å². The zero-order chi connectivity index (χ0) is 18.2. The molecule has 1 saturated carbocycles. The van der Waals surface area contributed by atoms with Crippen molar-refractivity contribution in [2.45, 2.75) is 51.0 Å². The minimum atomic E-state index is 0.181. The van der Waals surface area contributed by atoms with E-state index in [2.05, 4.69) is 45.9 Å². The topological polar surface area (TPSA) is 25.2 Å². The van der Waals surface area contributed by atoms with Gasteiger partial charge in [-0.1, -0.05) is 49.6 Å². The summed E-state index contributed by atoms with van der Waals surface area (Å²) < 4.78 is 2.10. The highest BCUT2D eigenvalue weighted by Crippen LogP contribution is 2.40. The van der Waals surface area contributed by atoms with E-state index in [-0.39, 0.29) is 5.56 Å². The number of piperidine rings is 1. The van der Waals surface area contributed by atoms with Crippen molar-refractivity contribution in [3.05, 3.63) is 58.5 Å². The predicted molar refractivity (Wildman–Crippen MR) is 110 cm³/mol. The summed E-state index contributed by atoms with van der Waals surface area (Å²) in [6.45, 7) is 4.46. The number of rotatable bonds is 3. The van der Waals surface area contributed by atoms with Gasteiger partial charge >= 0.3 is 0 Å². The molecule has 2 aliphatic heterocycles. The molecule has 2 fully saturated rings. The molecule has 1 aromatic carbocycles. The van der Waals surface area contributed by atoms with Gasteiger partial charge in [0.2, 0.25) is 0 Å². The molecule has 5 rings (SSSR count). The van der Waals surface area contributed by atoms with Crippen LogP contribution in [-0.4, -0.2) is 29.1 Å². The molecule has 1 aromatic heterocycles. The molecule has 3 aliphatic rings. The van der Waals surface area contributed by atoms with Crippen molar-refractivity contribution in [1.82, 2.24) is 9.47 Å². The Morgan fingerprint density at radius 1 is 0.889 bits per heavy atom. The van der Waals surface area contributed by atoms with Gasteiger partial charge in [-0.2, -0.15) is 0 Å². The molecule has 2 aromatic rings. The third kappa shape index (κ3) is 3.38. The van der Waals surface area contributed by atoms with Crippen LogP contribution in [0.1, 0.15) is 50.1 Å². The Labute approximate surface area is 162 Å². The maximum atomic E-state index is 12.6.